The van der Waals surface area contributed by atoms with Gasteiger partial charge in [-0.05, 0) is 63.6 Å². The van der Waals surface area contributed by atoms with Crippen LogP contribution in [0, 0.1) is 5.92 Å². The monoisotopic (exact) mass is 428 g/mol. The Kier molecular flexibility index (Phi) is 4.28. The fourth-order valence-corrected chi connectivity index (χ4v) is 5.19. The third kappa shape index (κ3) is 2.91. The third-order valence-corrected chi connectivity index (χ3v) is 6.90. The van der Waals surface area contributed by atoms with Crippen molar-refractivity contribution in [2.75, 3.05) is 12.3 Å². The molecule has 0 radical (unpaired) electrons. The Hall–Kier alpha value is -3.35. The molecule has 2 aliphatic rings. The highest BCUT2D eigenvalue weighted by molar-refractivity contribution is 6.05. The number of hydrogen-bond donors (Lipinski definition) is 2. The summed E-state index contributed by atoms with van der Waals surface area (Å²) >= 11 is 0. The molecule has 1 amide bonds. The topological polar surface area (TPSA) is 90.8 Å². The molecule has 1 aliphatic heterocycles. The maximum Gasteiger partial charge on any atom is 0.251 e. The van der Waals surface area contributed by atoms with Crippen LogP contribution < -0.4 is 11.1 Å². The molecular weight excluding hydrogens is 400 g/mol. The van der Waals surface area contributed by atoms with Gasteiger partial charge in [0.05, 0.1) is 11.1 Å². The number of benzene rings is 1. The number of aromatic nitrogens is 4. The highest BCUT2D eigenvalue weighted by Crippen LogP contribution is 2.42. The predicted octanol–water partition coefficient (Wildman–Crippen LogP) is 4.30. The molecule has 0 unspecified atom stereocenters. The zero-order valence-corrected chi connectivity index (χ0v) is 18.6. The van der Waals surface area contributed by atoms with Gasteiger partial charge >= 0.3 is 0 Å². The molecule has 4 aromatic rings. The summed E-state index contributed by atoms with van der Waals surface area (Å²) in [5.41, 5.74) is 12.6. The highest BCUT2D eigenvalue weighted by Gasteiger charge is 2.28. The Labute approximate surface area is 186 Å². The largest absolute Gasteiger partial charge is 0.383 e. The van der Waals surface area contributed by atoms with Crippen molar-refractivity contribution in [2.45, 2.75) is 52.1 Å². The van der Waals surface area contributed by atoms with Crippen LogP contribution in [-0.4, -0.2) is 31.6 Å². The number of carbonyl (C=O) groups excluding carboxylic acids is 1. The molecule has 4 heterocycles. The van der Waals surface area contributed by atoms with Crippen LogP contribution in [0.2, 0.25) is 0 Å². The fourth-order valence-electron chi connectivity index (χ4n) is 5.19. The molecule has 1 aromatic carbocycles. The van der Waals surface area contributed by atoms with Gasteiger partial charge in [0.25, 0.3) is 5.91 Å². The molecule has 0 saturated heterocycles. The molecule has 1 saturated carbocycles. The van der Waals surface area contributed by atoms with Crippen LogP contribution in [0.1, 0.15) is 55.2 Å². The van der Waals surface area contributed by atoms with Gasteiger partial charge in [0, 0.05) is 46.9 Å². The van der Waals surface area contributed by atoms with Crippen molar-refractivity contribution in [3.63, 3.8) is 0 Å². The average molecular weight is 429 g/mol. The summed E-state index contributed by atoms with van der Waals surface area (Å²) in [5, 5.41) is 5.16. The second-order valence-corrected chi connectivity index (χ2v) is 9.45. The van der Waals surface area contributed by atoms with Crippen molar-refractivity contribution in [3.8, 4) is 11.3 Å². The summed E-state index contributed by atoms with van der Waals surface area (Å²) in [4.78, 5) is 21.6. The Balaban J connectivity index is 1.54. The molecule has 6 rings (SSSR count). The molecule has 1 aliphatic carbocycles. The van der Waals surface area contributed by atoms with Gasteiger partial charge in [0.1, 0.15) is 17.8 Å². The summed E-state index contributed by atoms with van der Waals surface area (Å²) in [6.07, 6.45) is 5.97. The van der Waals surface area contributed by atoms with Crippen LogP contribution in [-0.2, 0) is 13.0 Å². The number of nitrogens with two attached hydrogens (primary N) is 1. The zero-order chi connectivity index (χ0) is 22.0. The van der Waals surface area contributed by atoms with E-state index in [4.69, 9.17) is 5.73 Å². The van der Waals surface area contributed by atoms with Crippen molar-refractivity contribution in [3.05, 3.63) is 41.9 Å². The van der Waals surface area contributed by atoms with E-state index in [9.17, 15) is 4.79 Å². The lowest BCUT2D eigenvalue weighted by Crippen LogP contribution is -2.25. The van der Waals surface area contributed by atoms with Gasteiger partial charge in [-0.25, -0.2) is 9.97 Å². The van der Waals surface area contributed by atoms with E-state index in [1.54, 1.807) is 6.33 Å². The van der Waals surface area contributed by atoms with Crippen LogP contribution in [0.3, 0.4) is 0 Å². The molecule has 32 heavy (non-hydrogen) atoms. The van der Waals surface area contributed by atoms with E-state index in [-0.39, 0.29) is 11.9 Å². The van der Waals surface area contributed by atoms with E-state index in [1.807, 2.05) is 12.1 Å². The maximum atomic E-state index is 12.7. The van der Waals surface area contributed by atoms with Gasteiger partial charge < -0.3 is 20.2 Å². The number of nitrogens with zero attached hydrogens (tertiary/aromatic N) is 4. The first-order valence-corrected chi connectivity index (χ1v) is 11.6. The van der Waals surface area contributed by atoms with Gasteiger partial charge in [-0.15, -0.1) is 0 Å². The second-order valence-electron chi connectivity index (χ2n) is 9.45. The lowest BCUT2D eigenvalue weighted by molar-refractivity contribution is 0.0952. The Morgan fingerprint density at radius 3 is 2.88 bits per heavy atom. The van der Waals surface area contributed by atoms with Crippen LogP contribution >= 0.6 is 0 Å². The average Bonchev–Trinajstić information content (AvgIpc) is 3.49. The van der Waals surface area contributed by atoms with Gasteiger partial charge in [-0.2, -0.15) is 0 Å². The van der Waals surface area contributed by atoms with Crippen molar-refractivity contribution in [1.29, 1.82) is 0 Å². The lowest BCUT2D eigenvalue weighted by atomic mass is 10.1. The SMILES string of the molecule is CC(C)n1c2c(c3c(N)ncnc31)-c1cc3ccc(C(=O)NCC4CC4)cc3n1CCC2. The standard InChI is InChI=1S/C25H28N6O/c1-14(2)31-18-4-3-9-30-19-11-17(25(32)27-12-15-5-6-15)8-7-16(19)10-20(30)21(18)22-23(26)28-13-29-24(22)31/h7-8,10-11,13-15H,3-6,9,12H2,1-2H3,(H,27,32)(H2,26,28,29). The second kappa shape index (κ2) is 7.08. The summed E-state index contributed by atoms with van der Waals surface area (Å²) in [7, 11) is 0. The summed E-state index contributed by atoms with van der Waals surface area (Å²) in [6.45, 7) is 6.05. The Morgan fingerprint density at radius 1 is 1.25 bits per heavy atom. The first kappa shape index (κ1) is 19.3. The number of nitrogen functional groups attached to an aromatic ring is 1. The number of fused-ring (bicyclic) bond motifs is 7. The van der Waals surface area contributed by atoms with Crippen molar-refractivity contribution in [2.24, 2.45) is 5.92 Å². The third-order valence-electron chi connectivity index (χ3n) is 6.90. The van der Waals surface area contributed by atoms with Crippen LogP contribution in [0.5, 0.6) is 0 Å². The van der Waals surface area contributed by atoms with E-state index in [0.717, 1.165) is 64.7 Å². The number of aryl methyl sites for hydroxylation is 1. The number of carbonyl (C=O) groups is 1. The van der Waals surface area contributed by atoms with Gasteiger partial charge in [0.15, 0.2) is 0 Å². The van der Waals surface area contributed by atoms with Gasteiger partial charge in [-0.3, -0.25) is 4.79 Å². The normalized spacial score (nSPS) is 15.7. The summed E-state index contributed by atoms with van der Waals surface area (Å²) in [6, 6.07) is 8.52. The fraction of sp³-hybridized carbons (Fsp3) is 0.400. The molecule has 0 bridgehead atoms. The Bertz CT molecular complexity index is 1370. The Morgan fingerprint density at radius 2 is 2.09 bits per heavy atom. The maximum absolute atomic E-state index is 12.7. The van der Waals surface area contributed by atoms with E-state index in [1.165, 1.54) is 18.5 Å². The molecular formula is C25H28N6O. The first-order valence-electron chi connectivity index (χ1n) is 11.6. The minimum absolute atomic E-state index is 0.0118. The van der Waals surface area contributed by atoms with Crippen LogP contribution in [0.15, 0.2) is 30.6 Å². The van der Waals surface area contributed by atoms with Crippen LogP contribution in [0.4, 0.5) is 5.82 Å². The quantitative estimate of drug-likeness (QED) is 0.507. The number of anilines is 1. The van der Waals surface area contributed by atoms with Gasteiger partial charge in [0.2, 0.25) is 0 Å². The molecule has 3 aromatic heterocycles. The van der Waals surface area contributed by atoms with E-state index < -0.39 is 0 Å². The lowest BCUT2D eigenvalue weighted by Gasteiger charge is -2.13. The molecule has 0 spiro atoms. The van der Waals surface area contributed by atoms with Crippen molar-refractivity contribution < 1.29 is 4.79 Å². The highest BCUT2D eigenvalue weighted by atomic mass is 16.1. The summed E-state index contributed by atoms with van der Waals surface area (Å²) in [5.74, 6) is 1.19. The van der Waals surface area contributed by atoms with Gasteiger partial charge in [-0.1, -0.05) is 6.07 Å². The number of hydrogen-bond acceptors (Lipinski definition) is 4. The van der Waals surface area contributed by atoms with E-state index >= 15 is 0 Å². The molecule has 1 fully saturated rings. The first-order chi connectivity index (χ1) is 15.5. The predicted molar refractivity (Wildman–Crippen MR) is 127 cm³/mol. The minimum Gasteiger partial charge on any atom is -0.383 e. The summed E-state index contributed by atoms with van der Waals surface area (Å²) < 4.78 is 4.65. The molecule has 3 N–H and O–H groups in total. The molecule has 0 atom stereocenters. The zero-order valence-electron chi connectivity index (χ0n) is 18.6. The van der Waals surface area contributed by atoms with E-state index in [2.05, 4.69) is 50.4 Å². The molecule has 7 nitrogen and oxygen atoms in total. The molecule has 7 heteroatoms. The number of amides is 1. The van der Waals surface area contributed by atoms with E-state index in [0.29, 0.717) is 11.7 Å². The smallest absolute Gasteiger partial charge is 0.251 e. The minimum atomic E-state index is 0.0118. The number of rotatable bonds is 4. The van der Waals surface area contributed by atoms with Crippen LogP contribution in [0.25, 0.3) is 33.2 Å². The van der Waals surface area contributed by atoms with Crippen molar-refractivity contribution >= 4 is 33.7 Å². The molecule has 164 valence electrons. The number of nitrogens with one attached hydrogen (secondary N) is 1. The van der Waals surface area contributed by atoms with Crippen molar-refractivity contribution in [1.82, 2.24) is 24.4 Å².